The zero-order chi connectivity index (χ0) is 14.5. The average Bonchev–Trinajstić information content (AvgIpc) is 2.96. The lowest BCUT2D eigenvalue weighted by molar-refractivity contribution is 0.751. The highest BCUT2D eigenvalue weighted by atomic mass is 32.2. The lowest BCUT2D eigenvalue weighted by Crippen LogP contribution is -2.22. The Morgan fingerprint density at radius 3 is 2.85 bits per heavy atom. The van der Waals surface area contributed by atoms with Gasteiger partial charge in [-0.3, -0.25) is 4.99 Å². The van der Waals surface area contributed by atoms with Gasteiger partial charge in [-0.2, -0.15) is 0 Å². The van der Waals surface area contributed by atoms with Crippen molar-refractivity contribution in [1.29, 1.82) is 0 Å². The highest BCUT2D eigenvalue weighted by Gasteiger charge is 2.00. The second kappa shape index (κ2) is 11.8. The number of aromatic amines is 1. The van der Waals surface area contributed by atoms with Crippen LogP contribution in [-0.2, 0) is 6.42 Å². The molecule has 0 atom stereocenters. The molecule has 1 heterocycles. The topological polar surface area (TPSA) is 53.1 Å². The fraction of sp³-hybridized carbons (Fsp3) is 0.733. The maximum Gasteiger partial charge on any atom is 0.156 e. The van der Waals surface area contributed by atoms with E-state index in [1.54, 1.807) is 6.33 Å². The van der Waals surface area contributed by atoms with Gasteiger partial charge in [-0.05, 0) is 25.7 Å². The minimum Gasteiger partial charge on any atom is -0.365 e. The predicted molar refractivity (Wildman–Crippen MR) is 89.5 cm³/mol. The van der Waals surface area contributed by atoms with Crippen molar-refractivity contribution < 1.29 is 0 Å². The second-order valence-electron chi connectivity index (χ2n) is 4.85. The first-order chi connectivity index (χ1) is 9.86. The summed E-state index contributed by atoms with van der Waals surface area (Å²) < 4.78 is 0. The molecule has 20 heavy (non-hydrogen) atoms. The lowest BCUT2D eigenvalue weighted by Gasteiger charge is -2.09. The molecule has 114 valence electrons. The molecule has 0 fully saturated rings. The van der Waals surface area contributed by atoms with Crippen LogP contribution >= 0.6 is 11.8 Å². The Bertz CT molecular complexity index is 349. The van der Waals surface area contributed by atoms with E-state index < -0.39 is 0 Å². The molecular weight excluding hydrogens is 268 g/mol. The molecule has 2 N–H and O–H groups in total. The van der Waals surface area contributed by atoms with Crippen LogP contribution < -0.4 is 5.32 Å². The van der Waals surface area contributed by atoms with Gasteiger partial charge in [0.2, 0.25) is 0 Å². The number of aryl methyl sites for hydroxylation is 1. The van der Waals surface area contributed by atoms with Gasteiger partial charge in [-0.15, -0.1) is 0 Å². The standard InChI is InChI=1S/C15H28N4S/c1-3-5-9-17-15(18-10-6-4-2)20-11-7-8-14-12-16-13-19-14/h12-13H,3-11H2,1-2H3,(H,16,19)(H,17,18). The van der Waals surface area contributed by atoms with E-state index in [0.717, 1.165) is 36.9 Å². The molecule has 0 saturated carbocycles. The zero-order valence-corrected chi connectivity index (χ0v) is 13.6. The molecule has 0 aliphatic rings. The molecule has 0 spiro atoms. The number of thioether (sulfide) groups is 1. The minimum atomic E-state index is 0.943. The summed E-state index contributed by atoms with van der Waals surface area (Å²) in [5.41, 5.74) is 1.22. The molecule has 1 rings (SSSR count). The Kier molecular flexibility index (Phi) is 10.1. The van der Waals surface area contributed by atoms with Gasteiger partial charge in [0.05, 0.1) is 6.33 Å². The quantitative estimate of drug-likeness (QED) is 0.394. The monoisotopic (exact) mass is 296 g/mol. The molecule has 0 aromatic carbocycles. The Morgan fingerprint density at radius 2 is 2.15 bits per heavy atom. The number of hydrogen-bond donors (Lipinski definition) is 2. The SMILES string of the molecule is CCCCN=C(NCCCC)SCCCc1cnc[nH]1. The summed E-state index contributed by atoms with van der Waals surface area (Å²) in [6.07, 6.45) is 10.7. The van der Waals surface area contributed by atoms with E-state index in [-0.39, 0.29) is 0 Å². The van der Waals surface area contributed by atoms with Crippen molar-refractivity contribution in [3.8, 4) is 0 Å². The summed E-state index contributed by atoms with van der Waals surface area (Å²) in [5.74, 6) is 1.10. The second-order valence-corrected chi connectivity index (χ2v) is 5.93. The number of amidine groups is 1. The van der Waals surface area contributed by atoms with E-state index in [9.17, 15) is 0 Å². The number of rotatable bonds is 10. The van der Waals surface area contributed by atoms with Crippen molar-refractivity contribution in [2.45, 2.75) is 52.4 Å². The van der Waals surface area contributed by atoms with E-state index in [4.69, 9.17) is 0 Å². The van der Waals surface area contributed by atoms with Crippen LogP contribution in [0.5, 0.6) is 0 Å². The number of nitrogens with one attached hydrogen (secondary N) is 2. The highest BCUT2D eigenvalue weighted by Crippen LogP contribution is 2.08. The summed E-state index contributed by atoms with van der Waals surface area (Å²) in [7, 11) is 0. The van der Waals surface area contributed by atoms with Crippen molar-refractivity contribution in [1.82, 2.24) is 15.3 Å². The fourth-order valence-corrected chi connectivity index (χ4v) is 2.58. The third kappa shape index (κ3) is 8.25. The lowest BCUT2D eigenvalue weighted by atomic mass is 10.3. The molecule has 0 bridgehead atoms. The molecule has 1 aromatic rings. The Balaban J connectivity index is 2.21. The number of H-pyrrole nitrogens is 1. The normalized spacial score (nSPS) is 11.8. The van der Waals surface area contributed by atoms with Crippen molar-refractivity contribution in [3.05, 3.63) is 18.2 Å². The van der Waals surface area contributed by atoms with Crippen LogP contribution in [-0.4, -0.2) is 34.0 Å². The smallest absolute Gasteiger partial charge is 0.156 e. The van der Waals surface area contributed by atoms with Gasteiger partial charge in [-0.25, -0.2) is 4.98 Å². The van der Waals surface area contributed by atoms with Gasteiger partial charge in [0, 0.05) is 30.7 Å². The maximum atomic E-state index is 4.67. The van der Waals surface area contributed by atoms with E-state index >= 15 is 0 Å². The molecule has 0 saturated heterocycles. The van der Waals surface area contributed by atoms with E-state index in [1.165, 1.54) is 31.4 Å². The molecule has 0 amide bonds. The largest absolute Gasteiger partial charge is 0.365 e. The third-order valence-electron chi connectivity index (χ3n) is 2.96. The van der Waals surface area contributed by atoms with E-state index in [1.807, 2.05) is 18.0 Å². The van der Waals surface area contributed by atoms with Crippen molar-refractivity contribution in [2.24, 2.45) is 4.99 Å². The maximum absolute atomic E-state index is 4.67. The van der Waals surface area contributed by atoms with Gasteiger partial charge in [0.15, 0.2) is 5.17 Å². The van der Waals surface area contributed by atoms with Crippen LogP contribution in [0.15, 0.2) is 17.5 Å². The number of imidazole rings is 1. The third-order valence-corrected chi connectivity index (χ3v) is 4.00. The molecule has 0 unspecified atom stereocenters. The van der Waals surface area contributed by atoms with Crippen LogP contribution in [0.25, 0.3) is 0 Å². The van der Waals surface area contributed by atoms with Gasteiger partial charge >= 0.3 is 0 Å². The van der Waals surface area contributed by atoms with Gasteiger partial charge in [0.1, 0.15) is 0 Å². The summed E-state index contributed by atoms with van der Waals surface area (Å²) in [6, 6.07) is 0. The summed E-state index contributed by atoms with van der Waals surface area (Å²) in [6.45, 7) is 6.40. The fourth-order valence-electron chi connectivity index (χ4n) is 1.72. The molecule has 1 aromatic heterocycles. The van der Waals surface area contributed by atoms with Crippen molar-refractivity contribution in [2.75, 3.05) is 18.8 Å². The number of hydrogen-bond acceptors (Lipinski definition) is 3. The Hall–Kier alpha value is -0.970. The van der Waals surface area contributed by atoms with Gasteiger partial charge in [0.25, 0.3) is 0 Å². The van der Waals surface area contributed by atoms with Crippen LogP contribution in [0.2, 0.25) is 0 Å². The first-order valence-electron chi connectivity index (χ1n) is 7.75. The van der Waals surface area contributed by atoms with E-state index in [0.29, 0.717) is 0 Å². The first kappa shape index (κ1) is 17.1. The highest BCUT2D eigenvalue weighted by molar-refractivity contribution is 8.13. The predicted octanol–water partition coefficient (Wildman–Crippen LogP) is 3.62. The average molecular weight is 296 g/mol. The van der Waals surface area contributed by atoms with E-state index in [2.05, 4.69) is 34.1 Å². The zero-order valence-electron chi connectivity index (χ0n) is 12.8. The number of unbranched alkanes of at least 4 members (excludes halogenated alkanes) is 2. The number of aliphatic imine (C=N–C) groups is 1. The summed E-state index contributed by atoms with van der Waals surface area (Å²) in [5, 5.41) is 4.59. The van der Waals surface area contributed by atoms with Crippen LogP contribution in [0.4, 0.5) is 0 Å². The van der Waals surface area contributed by atoms with Crippen molar-refractivity contribution in [3.63, 3.8) is 0 Å². The summed E-state index contributed by atoms with van der Waals surface area (Å²) in [4.78, 5) is 11.8. The summed E-state index contributed by atoms with van der Waals surface area (Å²) >= 11 is 1.85. The van der Waals surface area contributed by atoms with Gasteiger partial charge in [-0.1, -0.05) is 38.5 Å². The molecule has 5 heteroatoms. The first-order valence-corrected chi connectivity index (χ1v) is 8.73. The van der Waals surface area contributed by atoms with Crippen LogP contribution in [0, 0.1) is 0 Å². The molecule has 0 aliphatic carbocycles. The molecule has 0 aliphatic heterocycles. The Morgan fingerprint density at radius 1 is 1.30 bits per heavy atom. The van der Waals surface area contributed by atoms with Crippen LogP contribution in [0.1, 0.15) is 51.6 Å². The number of nitrogens with zero attached hydrogens (tertiary/aromatic N) is 2. The molecule has 4 nitrogen and oxygen atoms in total. The van der Waals surface area contributed by atoms with Crippen LogP contribution in [0.3, 0.4) is 0 Å². The minimum absolute atomic E-state index is 0.943. The molecule has 0 radical (unpaired) electrons. The number of aromatic nitrogens is 2. The molecular formula is C15H28N4S. The van der Waals surface area contributed by atoms with Gasteiger partial charge < -0.3 is 10.3 Å². The Labute approximate surface area is 127 Å². The van der Waals surface area contributed by atoms with Crippen molar-refractivity contribution >= 4 is 16.9 Å².